The second kappa shape index (κ2) is 5.53. The van der Waals surface area contributed by atoms with Gasteiger partial charge in [-0.25, -0.2) is 16.8 Å². The van der Waals surface area contributed by atoms with Crippen LogP contribution in [0.2, 0.25) is 0 Å². The molecule has 0 unspecified atom stereocenters. The zero-order valence-electron chi connectivity index (χ0n) is 12.2. The average molecular weight is 360 g/mol. The predicted molar refractivity (Wildman–Crippen MR) is 82.2 cm³/mol. The molecule has 3 rings (SSSR count). The summed E-state index contributed by atoms with van der Waals surface area (Å²) in [5.74, 6) is -0.160. The lowest BCUT2D eigenvalue weighted by Crippen LogP contribution is -2.42. The van der Waals surface area contributed by atoms with Crippen LogP contribution in [0.5, 0.6) is 0 Å². The first-order chi connectivity index (χ1) is 10.7. The van der Waals surface area contributed by atoms with Crippen molar-refractivity contribution in [2.45, 2.75) is 36.2 Å². The fourth-order valence-electron chi connectivity index (χ4n) is 2.86. The molecule has 2 aliphatic rings. The van der Waals surface area contributed by atoms with Crippen LogP contribution >= 0.6 is 0 Å². The van der Waals surface area contributed by atoms with Crippen molar-refractivity contribution in [3.63, 3.8) is 0 Å². The summed E-state index contributed by atoms with van der Waals surface area (Å²) in [5.41, 5.74) is -0.189. The third-order valence-corrected chi connectivity index (χ3v) is 7.87. The summed E-state index contributed by atoms with van der Waals surface area (Å²) in [7, 11) is -7.07. The Labute approximate surface area is 134 Å². The van der Waals surface area contributed by atoms with Crippen LogP contribution < -0.4 is 0 Å². The van der Waals surface area contributed by atoms with Crippen LogP contribution in [0.4, 0.5) is 5.69 Å². The monoisotopic (exact) mass is 360 g/mol. The molecule has 8 nitrogen and oxygen atoms in total. The van der Waals surface area contributed by atoms with Crippen molar-refractivity contribution in [2.24, 2.45) is 0 Å². The molecule has 0 spiro atoms. The quantitative estimate of drug-likeness (QED) is 0.570. The molecule has 1 saturated carbocycles. The van der Waals surface area contributed by atoms with E-state index < -0.39 is 30.8 Å². The highest BCUT2D eigenvalue weighted by Crippen LogP contribution is 2.37. The number of nitrogens with zero attached hydrogens (tertiary/aromatic N) is 2. The van der Waals surface area contributed by atoms with Gasteiger partial charge in [-0.15, -0.1) is 0 Å². The predicted octanol–water partition coefficient (Wildman–Crippen LogP) is 0.935. The van der Waals surface area contributed by atoms with Crippen LogP contribution in [0, 0.1) is 10.1 Å². The van der Waals surface area contributed by atoms with Gasteiger partial charge in [-0.1, -0.05) is 0 Å². The van der Waals surface area contributed by atoms with Crippen molar-refractivity contribution in [1.29, 1.82) is 0 Å². The first-order valence-electron chi connectivity index (χ1n) is 7.19. The summed E-state index contributed by atoms with van der Waals surface area (Å²) in [5, 5.41) is 10.7. The highest BCUT2D eigenvalue weighted by molar-refractivity contribution is 7.92. The Morgan fingerprint density at radius 2 is 1.70 bits per heavy atom. The molecule has 1 aliphatic carbocycles. The fraction of sp³-hybridized carbons (Fsp3) is 0.538. The SMILES string of the molecule is O=[N+]([O-])c1ccc(S(=O)(=O)N(C2CC2)[C@H]2CCS(=O)(=O)C2)cc1. The van der Waals surface area contributed by atoms with Gasteiger partial charge >= 0.3 is 0 Å². The minimum Gasteiger partial charge on any atom is -0.258 e. The number of nitro benzene ring substituents is 1. The van der Waals surface area contributed by atoms with Crippen LogP contribution in [-0.2, 0) is 19.9 Å². The largest absolute Gasteiger partial charge is 0.269 e. The molecule has 0 bridgehead atoms. The van der Waals surface area contributed by atoms with E-state index in [0.29, 0.717) is 19.3 Å². The molecule has 0 N–H and O–H groups in total. The number of rotatable bonds is 5. The maximum Gasteiger partial charge on any atom is 0.269 e. The molecule has 1 heterocycles. The van der Waals surface area contributed by atoms with E-state index in [9.17, 15) is 26.9 Å². The Morgan fingerprint density at radius 3 is 2.13 bits per heavy atom. The molecule has 0 aromatic heterocycles. The van der Waals surface area contributed by atoms with E-state index in [1.807, 2.05) is 0 Å². The molecule has 0 amide bonds. The number of nitro groups is 1. The van der Waals surface area contributed by atoms with E-state index in [4.69, 9.17) is 0 Å². The van der Waals surface area contributed by atoms with Crippen LogP contribution in [0.15, 0.2) is 29.2 Å². The van der Waals surface area contributed by atoms with Crippen LogP contribution in [-0.4, -0.2) is 49.7 Å². The van der Waals surface area contributed by atoms with E-state index in [2.05, 4.69) is 0 Å². The van der Waals surface area contributed by atoms with Gasteiger partial charge < -0.3 is 0 Å². The minimum atomic E-state index is -3.87. The molecular weight excluding hydrogens is 344 g/mol. The zero-order valence-corrected chi connectivity index (χ0v) is 13.8. The number of sulfone groups is 1. The maximum absolute atomic E-state index is 12.9. The van der Waals surface area contributed by atoms with Crippen molar-refractivity contribution in [3.8, 4) is 0 Å². The van der Waals surface area contributed by atoms with Gasteiger partial charge in [-0.3, -0.25) is 10.1 Å². The first kappa shape index (κ1) is 16.3. The van der Waals surface area contributed by atoms with Gasteiger partial charge in [0.2, 0.25) is 10.0 Å². The van der Waals surface area contributed by atoms with Gasteiger partial charge in [0.05, 0.1) is 21.3 Å². The van der Waals surface area contributed by atoms with Gasteiger partial charge in [-0.05, 0) is 31.4 Å². The summed E-state index contributed by atoms with van der Waals surface area (Å²) < 4.78 is 50.4. The Bertz CT molecular complexity index is 828. The Kier molecular flexibility index (Phi) is 3.93. The van der Waals surface area contributed by atoms with Gasteiger partial charge in [0, 0.05) is 24.2 Å². The van der Waals surface area contributed by atoms with Crippen molar-refractivity contribution < 1.29 is 21.8 Å². The fourth-order valence-corrected chi connectivity index (χ4v) is 6.56. The molecule has 1 aliphatic heterocycles. The number of hydrogen-bond donors (Lipinski definition) is 0. The molecule has 1 aromatic rings. The topological polar surface area (TPSA) is 115 Å². The first-order valence-corrected chi connectivity index (χ1v) is 10.5. The number of sulfonamides is 1. The Balaban J connectivity index is 1.93. The molecule has 2 fully saturated rings. The lowest BCUT2D eigenvalue weighted by atomic mass is 10.2. The number of non-ortho nitro benzene ring substituents is 1. The molecule has 23 heavy (non-hydrogen) atoms. The molecular formula is C13H16N2O6S2. The second-order valence-electron chi connectivity index (χ2n) is 5.87. The van der Waals surface area contributed by atoms with E-state index in [0.717, 1.165) is 12.1 Å². The number of benzene rings is 1. The molecule has 1 aromatic carbocycles. The van der Waals surface area contributed by atoms with E-state index in [-0.39, 0.29) is 28.1 Å². The van der Waals surface area contributed by atoms with Crippen molar-refractivity contribution in [3.05, 3.63) is 34.4 Å². The van der Waals surface area contributed by atoms with E-state index in [1.54, 1.807) is 0 Å². The Hall–Kier alpha value is -1.52. The van der Waals surface area contributed by atoms with Crippen molar-refractivity contribution >= 4 is 25.5 Å². The Morgan fingerprint density at radius 1 is 1.09 bits per heavy atom. The minimum absolute atomic E-state index is 0.00331. The summed E-state index contributed by atoms with van der Waals surface area (Å²) in [6, 6.07) is 3.96. The third-order valence-electron chi connectivity index (χ3n) is 4.10. The highest BCUT2D eigenvalue weighted by atomic mass is 32.2. The van der Waals surface area contributed by atoms with Gasteiger partial charge in [0.25, 0.3) is 5.69 Å². The van der Waals surface area contributed by atoms with Crippen LogP contribution in [0.1, 0.15) is 19.3 Å². The molecule has 1 atom stereocenters. The second-order valence-corrected chi connectivity index (χ2v) is 9.95. The third kappa shape index (κ3) is 3.24. The summed E-state index contributed by atoms with van der Waals surface area (Å²) in [4.78, 5) is 10.0. The van der Waals surface area contributed by atoms with Gasteiger partial charge in [0.15, 0.2) is 9.84 Å². The molecule has 10 heteroatoms. The normalized spacial score (nSPS) is 24.0. The smallest absolute Gasteiger partial charge is 0.258 e. The van der Waals surface area contributed by atoms with Crippen molar-refractivity contribution in [1.82, 2.24) is 4.31 Å². The molecule has 126 valence electrons. The standard InChI is InChI=1S/C13H16N2O6S2/c16-15(17)11-3-5-13(6-4-11)23(20,21)14(10-1-2-10)12-7-8-22(18,19)9-12/h3-6,10,12H,1-2,7-9H2/t12-/m0/s1. The molecule has 1 saturated heterocycles. The zero-order chi connectivity index (χ0) is 16.8. The maximum atomic E-state index is 12.9. The lowest BCUT2D eigenvalue weighted by molar-refractivity contribution is -0.384. The van der Waals surface area contributed by atoms with Gasteiger partial charge in [0.1, 0.15) is 0 Å². The van der Waals surface area contributed by atoms with Crippen LogP contribution in [0.25, 0.3) is 0 Å². The number of hydrogen-bond acceptors (Lipinski definition) is 6. The van der Waals surface area contributed by atoms with Crippen molar-refractivity contribution in [2.75, 3.05) is 11.5 Å². The highest BCUT2D eigenvalue weighted by Gasteiger charge is 2.46. The average Bonchev–Trinajstić information content (AvgIpc) is 3.23. The van der Waals surface area contributed by atoms with Gasteiger partial charge in [-0.2, -0.15) is 4.31 Å². The van der Waals surface area contributed by atoms with E-state index >= 15 is 0 Å². The van der Waals surface area contributed by atoms with Crippen LogP contribution in [0.3, 0.4) is 0 Å². The molecule has 0 radical (unpaired) electrons. The van der Waals surface area contributed by atoms with E-state index in [1.165, 1.54) is 16.4 Å². The lowest BCUT2D eigenvalue weighted by Gasteiger charge is -2.27. The summed E-state index contributed by atoms with van der Waals surface area (Å²) in [6.07, 6.45) is 1.72. The summed E-state index contributed by atoms with van der Waals surface area (Å²) in [6.45, 7) is 0. The summed E-state index contributed by atoms with van der Waals surface area (Å²) >= 11 is 0.